The van der Waals surface area contributed by atoms with Gasteiger partial charge < -0.3 is 5.32 Å². The highest BCUT2D eigenvalue weighted by Crippen LogP contribution is 2.46. The van der Waals surface area contributed by atoms with E-state index in [4.69, 9.17) is 4.98 Å². The standard InChI is InChI=1S/C35H29N3OS2/c39-33(31(25-14-6-2-7-15-25)26-16-8-3-9-17-26)37-35-32(34-36-28-18-10-11-19-29(28)40-34)27-20-21-38(23-30(27)41-35)22-24-12-4-1-5-13-24/h1-19,31H,20-23H2,(H,37,39). The van der Waals surface area contributed by atoms with Gasteiger partial charge in [0.05, 0.1) is 16.1 Å². The van der Waals surface area contributed by atoms with Crippen LogP contribution >= 0.6 is 22.7 Å². The van der Waals surface area contributed by atoms with E-state index in [1.807, 2.05) is 66.7 Å². The number of carbonyl (C=O) groups excluding carboxylic acids is 1. The molecular weight excluding hydrogens is 543 g/mol. The number of hydrogen-bond donors (Lipinski definition) is 1. The second kappa shape index (κ2) is 11.4. The van der Waals surface area contributed by atoms with Gasteiger partial charge >= 0.3 is 0 Å². The Hall–Kier alpha value is -4.10. The third-order valence-electron chi connectivity index (χ3n) is 7.66. The van der Waals surface area contributed by atoms with Crippen molar-refractivity contribution < 1.29 is 4.79 Å². The summed E-state index contributed by atoms with van der Waals surface area (Å²) in [4.78, 5) is 23.0. The number of para-hydroxylation sites is 1. The third kappa shape index (κ3) is 5.34. The number of hydrogen-bond acceptors (Lipinski definition) is 5. The van der Waals surface area contributed by atoms with E-state index in [-0.39, 0.29) is 5.91 Å². The van der Waals surface area contributed by atoms with E-state index < -0.39 is 5.92 Å². The predicted molar refractivity (Wildman–Crippen MR) is 171 cm³/mol. The molecule has 4 nitrogen and oxygen atoms in total. The van der Waals surface area contributed by atoms with E-state index in [9.17, 15) is 4.79 Å². The zero-order valence-electron chi connectivity index (χ0n) is 22.5. The van der Waals surface area contributed by atoms with Crippen molar-refractivity contribution in [2.24, 2.45) is 0 Å². The van der Waals surface area contributed by atoms with Gasteiger partial charge in [0, 0.05) is 30.1 Å². The normalized spacial score (nSPS) is 13.4. The first-order valence-electron chi connectivity index (χ1n) is 13.9. The molecule has 202 valence electrons. The molecule has 1 amide bonds. The number of amides is 1. The van der Waals surface area contributed by atoms with Crippen LogP contribution in [0.25, 0.3) is 20.8 Å². The Bertz CT molecular complexity index is 1720. The van der Waals surface area contributed by atoms with Crippen molar-refractivity contribution in [2.75, 3.05) is 11.9 Å². The molecule has 7 rings (SSSR count). The first-order valence-corrected chi connectivity index (χ1v) is 15.5. The lowest BCUT2D eigenvalue weighted by Gasteiger charge is -2.27. The zero-order chi connectivity index (χ0) is 27.6. The van der Waals surface area contributed by atoms with E-state index >= 15 is 0 Å². The molecular formula is C35H29N3OS2. The molecule has 3 heterocycles. The Morgan fingerprint density at radius 3 is 2.12 bits per heavy atom. The minimum atomic E-state index is -0.408. The average Bonchev–Trinajstić information content (AvgIpc) is 3.59. The van der Waals surface area contributed by atoms with Gasteiger partial charge in [-0.15, -0.1) is 22.7 Å². The first kappa shape index (κ1) is 25.8. The van der Waals surface area contributed by atoms with E-state index in [2.05, 4.69) is 58.7 Å². The van der Waals surface area contributed by atoms with Crippen molar-refractivity contribution in [3.63, 3.8) is 0 Å². The summed E-state index contributed by atoms with van der Waals surface area (Å²) in [6.45, 7) is 2.75. The van der Waals surface area contributed by atoms with Gasteiger partial charge in [0.25, 0.3) is 0 Å². The zero-order valence-corrected chi connectivity index (χ0v) is 24.1. The van der Waals surface area contributed by atoms with Crippen molar-refractivity contribution >= 4 is 43.8 Å². The van der Waals surface area contributed by atoms with Crippen LogP contribution in [0, 0.1) is 0 Å². The minimum Gasteiger partial charge on any atom is -0.316 e. The summed E-state index contributed by atoms with van der Waals surface area (Å²) in [6.07, 6.45) is 0.931. The molecule has 0 radical (unpaired) electrons. The Morgan fingerprint density at radius 1 is 0.805 bits per heavy atom. The number of benzene rings is 4. The number of rotatable bonds is 7. The smallest absolute Gasteiger partial charge is 0.237 e. The number of thiazole rings is 1. The van der Waals surface area contributed by atoms with Gasteiger partial charge in [0.2, 0.25) is 5.91 Å². The van der Waals surface area contributed by atoms with Crippen LogP contribution in [0.4, 0.5) is 5.00 Å². The molecule has 1 aliphatic rings. The molecule has 1 N–H and O–H groups in total. The van der Waals surface area contributed by atoms with Gasteiger partial charge in [-0.05, 0) is 40.8 Å². The summed E-state index contributed by atoms with van der Waals surface area (Å²) < 4.78 is 1.16. The topological polar surface area (TPSA) is 45.2 Å². The molecule has 0 spiro atoms. The van der Waals surface area contributed by atoms with Gasteiger partial charge in [0.15, 0.2) is 0 Å². The number of nitrogens with one attached hydrogen (secondary N) is 1. The molecule has 6 heteroatoms. The molecule has 1 aliphatic heterocycles. The molecule has 41 heavy (non-hydrogen) atoms. The molecule has 2 aromatic heterocycles. The number of thiophene rings is 1. The molecule has 0 unspecified atom stereocenters. The molecule has 0 aliphatic carbocycles. The fraction of sp³-hybridized carbons (Fsp3) is 0.143. The van der Waals surface area contributed by atoms with Gasteiger partial charge in [-0.25, -0.2) is 4.98 Å². The molecule has 0 bridgehead atoms. The number of aromatic nitrogens is 1. The summed E-state index contributed by atoms with van der Waals surface area (Å²) in [5.74, 6) is -0.432. The van der Waals surface area contributed by atoms with E-state index in [1.165, 1.54) is 16.0 Å². The summed E-state index contributed by atoms with van der Waals surface area (Å²) in [5.41, 5.74) is 6.70. The van der Waals surface area contributed by atoms with Gasteiger partial charge in [-0.3, -0.25) is 9.69 Å². The highest BCUT2D eigenvalue weighted by Gasteiger charge is 2.30. The van der Waals surface area contributed by atoms with Crippen molar-refractivity contribution in [1.82, 2.24) is 9.88 Å². The lowest BCUT2D eigenvalue weighted by Crippen LogP contribution is -2.29. The van der Waals surface area contributed by atoms with Crippen molar-refractivity contribution in [2.45, 2.75) is 25.4 Å². The quantitative estimate of drug-likeness (QED) is 0.209. The Kier molecular flexibility index (Phi) is 7.19. The van der Waals surface area contributed by atoms with Crippen LogP contribution in [-0.2, 0) is 24.3 Å². The third-order valence-corrected chi connectivity index (χ3v) is 9.84. The summed E-state index contributed by atoms with van der Waals surface area (Å²) in [6, 6.07) is 39.0. The number of nitrogens with zero attached hydrogens (tertiary/aromatic N) is 2. The average molecular weight is 572 g/mol. The molecule has 0 fully saturated rings. The Balaban J connectivity index is 1.27. The molecule has 6 aromatic rings. The SMILES string of the molecule is O=C(Nc1sc2c(c1-c1nc3ccccc3s1)CCN(Cc1ccccc1)C2)C(c1ccccc1)c1ccccc1. The molecule has 0 saturated carbocycles. The predicted octanol–water partition coefficient (Wildman–Crippen LogP) is 8.35. The monoisotopic (exact) mass is 571 g/mol. The maximum absolute atomic E-state index is 14.2. The van der Waals surface area contributed by atoms with Gasteiger partial charge in [0.1, 0.15) is 10.0 Å². The Labute approximate surface area is 247 Å². The van der Waals surface area contributed by atoms with Crippen LogP contribution in [0.5, 0.6) is 0 Å². The fourth-order valence-electron chi connectivity index (χ4n) is 5.70. The van der Waals surface area contributed by atoms with E-state index in [0.717, 1.165) is 63.0 Å². The van der Waals surface area contributed by atoms with Crippen LogP contribution in [0.1, 0.15) is 33.0 Å². The number of fused-ring (bicyclic) bond motifs is 2. The van der Waals surface area contributed by atoms with Crippen LogP contribution in [-0.4, -0.2) is 22.3 Å². The van der Waals surface area contributed by atoms with Crippen LogP contribution in [0.15, 0.2) is 115 Å². The van der Waals surface area contributed by atoms with Crippen LogP contribution in [0.3, 0.4) is 0 Å². The molecule has 0 atom stereocenters. The van der Waals surface area contributed by atoms with E-state index in [0.29, 0.717) is 0 Å². The van der Waals surface area contributed by atoms with Crippen molar-refractivity contribution in [3.05, 3.63) is 142 Å². The van der Waals surface area contributed by atoms with Crippen molar-refractivity contribution in [3.8, 4) is 10.6 Å². The largest absolute Gasteiger partial charge is 0.316 e. The number of carbonyl (C=O) groups is 1. The summed E-state index contributed by atoms with van der Waals surface area (Å²) >= 11 is 3.41. The lowest BCUT2D eigenvalue weighted by atomic mass is 9.90. The Morgan fingerprint density at radius 2 is 1.44 bits per heavy atom. The maximum Gasteiger partial charge on any atom is 0.237 e. The molecule has 4 aromatic carbocycles. The lowest BCUT2D eigenvalue weighted by molar-refractivity contribution is -0.116. The second-order valence-electron chi connectivity index (χ2n) is 10.4. The minimum absolute atomic E-state index is 0.0236. The van der Waals surface area contributed by atoms with Gasteiger partial charge in [-0.1, -0.05) is 103 Å². The molecule has 0 saturated heterocycles. The van der Waals surface area contributed by atoms with Gasteiger partial charge in [-0.2, -0.15) is 0 Å². The fourth-order valence-corrected chi connectivity index (χ4v) is 8.10. The second-order valence-corrected chi connectivity index (χ2v) is 12.5. The maximum atomic E-state index is 14.2. The highest BCUT2D eigenvalue weighted by molar-refractivity contribution is 7.23. The summed E-state index contributed by atoms with van der Waals surface area (Å²) in [7, 11) is 0. The first-order chi connectivity index (χ1) is 20.2. The number of anilines is 1. The van der Waals surface area contributed by atoms with Crippen LogP contribution in [0.2, 0.25) is 0 Å². The highest BCUT2D eigenvalue weighted by atomic mass is 32.1. The summed E-state index contributed by atoms with van der Waals surface area (Å²) in [5, 5.41) is 5.28. The van der Waals surface area contributed by atoms with E-state index in [1.54, 1.807) is 22.7 Å². The van der Waals surface area contributed by atoms with Crippen molar-refractivity contribution in [1.29, 1.82) is 0 Å². The van der Waals surface area contributed by atoms with Crippen LogP contribution < -0.4 is 5.32 Å².